The zero-order chi connectivity index (χ0) is 10.1. The smallest absolute Gasteiger partial charge is 0.235 e. The Morgan fingerprint density at radius 1 is 1.29 bits per heavy atom. The number of carbonyl (C=O) groups excluding carboxylic acids is 1. The Morgan fingerprint density at radius 2 is 2.07 bits per heavy atom. The molecule has 6 heteroatoms. The summed E-state index contributed by atoms with van der Waals surface area (Å²) in [7, 11) is 3.42. The Labute approximate surface area is 80.1 Å². The number of rotatable bonds is 2. The number of hydrogen-bond acceptors (Lipinski definition) is 4. The molecule has 0 saturated heterocycles. The maximum Gasteiger partial charge on any atom is 0.235 e. The van der Waals surface area contributed by atoms with Crippen molar-refractivity contribution in [1.29, 1.82) is 0 Å². The van der Waals surface area contributed by atoms with E-state index >= 15 is 0 Å². The van der Waals surface area contributed by atoms with Gasteiger partial charge < -0.3 is 0 Å². The monoisotopic (exact) mass is 191 g/mol. The van der Waals surface area contributed by atoms with Crippen LogP contribution in [0.2, 0.25) is 0 Å². The molecule has 14 heavy (non-hydrogen) atoms. The van der Waals surface area contributed by atoms with Crippen LogP contribution in [0.3, 0.4) is 0 Å². The normalized spacial score (nSPS) is 10.4. The molecule has 2 rings (SSSR count). The molecule has 0 spiro atoms. The first kappa shape index (κ1) is 8.61. The fourth-order valence-electron chi connectivity index (χ4n) is 1.12. The quantitative estimate of drug-likeness (QED) is 0.615. The molecular formula is C8H9N5O. The highest BCUT2D eigenvalue weighted by atomic mass is 16.1. The molecule has 2 heterocycles. The lowest BCUT2D eigenvalue weighted by atomic mass is 10.2. The van der Waals surface area contributed by atoms with Gasteiger partial charge in [-0.25, -0.2) is 0 Å². The molecule has 0 aliphatic rings. The summed E-state index contributed by atoms with van der Waals surface area (Å²) in [5.41, 5.74) is 0.694. The van der Waals surface area contributed by atoms with Crippen LogP contribution in [0.1, 0.15) is 16.2 Å². The van der Waals surface area contributed by atoms with Crippen molar-refractivity contribution in [2.24, 2.45) is 14.1 Å². The van der Waals surface area contributed by atoms with Gasteiger partial charge in [-0.2, -0.15) is 20.1 Å². The fraction of sp³-hybridized carbons (Fsp3) is 0.250. The Kier molecular flexibility index (Phi) is 1.88. The molecule has 0 bridgehead atoms. The molecule has 72 valence electrons. The summed E-state index contributed by atoms with van der Waals surface area (Å²) in [5, 5.41) is 11.7. The molecule has 0 radical (unpaired) electrons. The third-order valence-electron chi connectivity index (χ3n) is 1.78. The molecule has 0 unspecified atom stereocenters. The summed E-state index contributed by atoms with van der Waals surface area (Å²) in [6.45, 7) is 0. The fourth-order valence-corrected chi connectivity index (χ4v) is 1.12. The third-order valence-corrected chi connectivity index (χ3v) is 1.78. The van der Waals surface area contributed by atoms with E-state index < -0.39 is 0 Å². The van der Waals surface area contributed by atoms with Crippen molar-refractivity contribution in [1.82, 2.24) is 24.8 Å². The molecule has 0 N–H and O–H groups in total. The van der Waals surface area contributed by atoms with E-state index in [1.54, 1.807) is 31.0 Å². The highest BCUT2D eigenvalue weighted by Gasteiger charge is 2.14. The van der Waals surface area contributed by atoms with E-state index in [4.69, 9.17) is 0 Å². The summed E-state index contributed by atoms with van der Waals surface area (Å²) in [5.74, 6) is -0.210. The van der Waals surface area contributed by atoms with Gasteiger partial charge in [-0.15, -0.1) is 0 Å². The van der Waals surface area contributed by atoms with E-state index in [0.29, 0.717) is 11.4 Å². The average Bonchev–Trinajstić information content (AvgIpc) is 2.73. The van der Waals surface area contributed by atoms with Gasteiger partial charge >= 0.3 is 0 Å². The summed E-state index contributed by atoms with van der Waals surface area (Å²) in [4.78, 5) is 13.0. The number of carbonyl (C=O) groups is 1. The number of ketones is 1. The van der Waals surface area contributed by atoms with Crippen LogP contribution < -0.4 is 0 Å². The first-order valence-corrected chi connectivity index (χ1v) is 4.07. The van der Waals surface area contributed by atoms with Gasteiger partial charge in [-0.05, 0) is 6.07 Å². The second-order valence-corrected chi connectivity index (χ2v) is 2.92. The number of nitrogens with zero attached hydrogens (tertiary/aromatic N) is 5. The van der Waals surface area contributed by atoms with Crippen LogP contribution in [0.4, 0.5) is 0 Å². The highest BCUT2D eigenvalue weighted by Crippen LogP contribution is 2.02. The van der Waals surface area contributed by atoms with Gasteiger partial charge in [0.2, 0.25) is 5.78 Å². The van der Waals surface area contributed by atoms with Gasteiger partial charge in [-0.1, -0.05) is 0 Å². The summed E-state index contributed by atoms with van der Waals surface area (Å²) in [6, 6.07) is 1.65. The van der Waals surface area contributed by atoms with Crippen molar-refractivity contribution in [3.63, 3.8) is 0 Å². The first-order valence-electron chi connectivity index (χ1n) is 4.07. The van der Waals surface area contributed by atoms with Crippen molar-refractivity contribution < 1.29 is 4.79 Å². The van der Waals surface area contributed by atoms with Crippen LogP contribution in [0, 0.1) is 0 Å². The van der Waals surface area contributed by atoms with Crippen LogP contribution in [-0.2, 0) is 14.1 Å². The van der Waals surface area contributed by atoms with Crippen LogP contribution in [0.5, 0.6) is 0 Å². The Bertz CT molecular complexity index is 427. The maximum atomic E-state index is 11.7. The Balaban J connectivity index is 2.33. The molecule has 2 aromatic rings. The minimum absolute atomic E-state index is 0.210. The Morgan fingerprint density at radius 3 is 2.57 bits per heavy atom. The van der Waals surface area contributed by atoms with E-state index in [-0.39, 0.29) is 5.78 Å². The summed E-state index contributed by atoms with van der Waals surface area (Å²) < 4.78 is 1.57. The minimum Gasteiger partial charge on any atom is -0.285 e. The number of aromatic nitrogens is 5. The zero-order valence-electron chi connectivity index (χ0n) is 7.88. The lowest BCUT2D eigenvalue weighted by Crippen LogP contribution is -2.05. The maximum absolute atomic E-state index is 11.7. The molecule has 0 atom stereocenters. The molecule has 0 amide bonds. The van der Waals surface area contributed by atoms with E-state index in [1.807, 2.05) is 0 Å². The predicted octanol–water partition coefficient (Wildman–Crippen LogP) is -0.220. The summed E-state index contributed by atoms with van der Waals surface area (Å²) in [6.07, 6.45) is 3.14. The standard InChI is InChI=1S/C8H9N5O/c1-12-4-3-6(10-12)8(14)7-5-9-13(2)11-7/h3-5H,1-2H3. The van der Waals surface area contributed by atoms with Crippen LogP contribution in [0.15, 0.2) is 18.5 Å². The van der Waals surface area contributed by atoms with Gasteiger partial charge in [0.1, 0.15) is 5.69 Å². The van der Waals surface area contributed by atoms with Crippen LogP contribution in [0.25, 0.3) is 0 Å². The highest BCUT2D eigenvalue weighted by molar-refractivity contribution is 6.05. The van der Waals surface area contributed by atoms with Gasteiger partial charge in [0.25, 0.3) is 0 Å². The second-order valence-electron chi connectivity index (χ2n) is 2.92. The molecule has 0 aliphatic heterocycles. The first-order chi connectivity index (χ1) is 6.66. The van der Waals surface area contributed by atoms with Gasteiger partial charge in [0.15, 0.2) is 5.69 Å². The van der Waals surface area contributed by atoms with Crippen LogP contribution in [-0.4, -0.2) is 30.6 Å². The molecule has 0 fully saturated rings. The molecule has 0 saturated carbocycles. The van der Waals surface area contributed by atoms with Gasteiger partial charge in [0.05, 0.1) is 6.20 Å². The molecular weight excluding hydrogens is 182 g/mol. The summed E-state index contributed by atoms with van der Waals surface area (Å²) >= 11 is 0. The average molecular weight is 191 g/mol. The molecule has 0 aromatic carbocycles. The van der Waals surface area contributed by atoms with Gasteiger partial charge in [-0.3, -0.25) is 9.48 Å². The van der Waals surface area contributed by atoms with E-state index in [1.165, 1.54) is 11.0 Å². The van der Waals surface area contributed by atoms with Crippen LogP contribution >= 0.6 is 0 Å². The topological polar surface area (TPSA) is 65.6 Å². The largest absolute Gasteiger partial charge is 0.285 e. The molecule has 2 aromatic heterocycles. The van der Waals surface area contributed by atoms with Crippen molar-refractivity contribution in [2.75, 3.05) is 0 Å². The van der Waals surface area contributed by atoms with E-state index in [0.717, 1.165) is 0 Å². The number of aryl methyl sites for hydroxylation is 2. The molecule has 6 nitrogen and oxygen atoms in total. The van der Waals surface area contributed by atoms with Crippen molar-refractivity contribution >= 4 is 5.78 Å². The van der Waals surface area contributed by atoms with E-state index in [9.17, 15) is 4.79 Å². The lowest BCUT2D eigenvalue weighted by Gasteiger charge is -1.89. The minimum atomic E-state index is -0.210. The van der Waals surface area contributed by atoms with Crippen molar-refractivity contribution in [2.45, 2.75) is 0 Å². The second kappa shape index (κ2) is 3.06. The van der Waals surface area contributed by atoms with Crippen molar-refractivity contribution in [3.8, 4) is 0 Å². The SMILES string of the molecule is Cn1ccc(C(=O)c2cnn(C)n2)n1. The zero-order valence-corrected chi connectivity index (χ0v) is 7.88. The third kappa shape index (κ3) is 1.41. The van der Waals surface area contributed by atoms with Crippen molar-refractivity contribution in [3.05, 3.63) is 29.8 Å². The van der Waals surface area contributed by atoms with Gasteiger partial charge in [0, 0.05) is 20.3 Å². The number of hydrogen-bond donors (Lipinski definition) is 0. The molecule has 0 aliphatic carbocycles. The van der Waals surface area contributed by atoms with E-state index in [2.05, 4.69) is 15.3 Å². The Hall–Kier alpha value is -1.98. The predicted molar refractivity (Wildman–Crippen MR) is 47.6 cm³/mol. The lowest BCUT2D eigenvalue weighted by molar-refractivity contribution is 0.102.